The lowest BCUT2D eigenvalue weighted by Gasteiger charge is -2.35. The molecule has 1 unspecified atom stereocenters. The molecular weight excluding hydrogens is 237 g/mol. The van der Waals surface area contributed by atoms with E-state index in [4.69, 9.17) is 11.6 Å². The highest BCUT2D eigenvalue weighted by Gasteiger charge is 2.21. The van der Waals surface area contributed by atoms with Gasteiger partial charge in [0.2, 0.25) is 0 Å². The summed E-state index contributed by atoms with van der Waals surface area (Å²) >= 11 is 5.84. The summed E-state index contributed by atoms with van der Waals surface area (Å²) in [7, 11) is 0. The Kier molecular flexibility index (Phi) is 4.81. The summed E-state index contributed by atoms with van der Waals surface area (Å²) in [5, 5.41) is 0. The van der Waals surface area contributed by atoms with Gasteiger partial charge < -0.3 is 0 Å². The molecule has 0 spiro atoms. The number of alkyl halides is 1. The third-order valence-electron chi connectivity index (χ3n) is 3.47. The molecule has 1 aliphatic heterocycles. The summed E-state index contributed by atoms with van der Waals surface area (Å²) in [6, 6.07) is 7.48. The van der Waals surface area contributed by atoms with Crippen molar-refractivity contribution in [1.29, 1.82) is 0 Å². The van der Waals surface area contributed by atoms with E-state index in [1.165, 1.54) is 25.3 Å². The van der Waals surface area contributed by atoms with Crippen molar-refractivity contribution in [1.82, 2.24) is 4.90 Å². The topological polar surface area (TPSA) is 3.24 Å². The Bertz CT molecular complexity index is 354. The minimum Gasteiger partial charge on any atom is -0.296 e. The van der Waals surface area contributed by atoms with E-state index in [0.29, 0.717) is 11.9 Å². The number of halogens is 2. The van der Waals surface area contributed by atoms with Gasteiger partial charge in [-0.05, 0) is 43.5 Å². The van der Waals surface area contributed by atoms with Gasteiger partial charge in [-0.1, -0.05) is 18.6 Å². The summed E-state index contributed by atoms with van der Waals surface area (Å²) in [4.78, 5) is 2.45. The van der Waals surface area contributed by atoms with Gasteiger partial charge >= 0.3 is 0 Å². The summed E-state index contributed by atoms with van der Waals surface area (Å²) in [6.07, 6.45) is 4.80. The molecule has 94 valence electrons. The van der Waals surface area contributed by atoms with Gasteiger partial charge in [0.1, 0.15) is 5.82 Å². The zero-order valence-electron chi connectivity index (χ0n) is 10.0. The lowest BCUT2D eigenvalue weighted by molar-refractivity contribution is 0.136. The van der Waals surface area contributed by atoms with Crippen molar-refractivity contribution in [2.24, 2.45) is 0 Å². The van der Waals surface area contributed by atoms with Gasteiger partial charge in [-0.15, -0.1) is 11.6 Å². The van der Waals surface area contributed by atoms with Crippen molar-refractivity contribution in [2.75, 3.05) is 12.4 Å². The lowest BCUT2D eigenvalue weighted by atomic mass is 9.99. The lowest BCUT2D eigenvalue weighted by Crippen LogP contribution is -2.39. The van der Waals surface area contributed by atoms with Crippen molar-refractivity contribution in [3.05, 3.63) is 35.6 Å². The van der Waals surface area contributed by atoms with Crippen LogP contribution in [-0.2, 0) is 6.54 Å². The zero-order chi connectivity index (χ0) is 12.1. The Balaban J connectivity index is 2.00. The molecular formula is C14H19ClFN. The molecule has 0 radical (unpaired) electrons. The van der Waals surface area contributed by atoms with Gasteiger partial charge in [0.05, 0.1) is 0 Å². The molecule has 0 aromatic heterocycles. The molecule has 2 rings (SSSR count). The van der Waals surface area contributed by atoms with E-state index < -0.39 is 0 Å². The normalized spacial score (nSPS) is 21.6. The van der Waals surface area contributed by atoms with Gasteiger partial charge in [0, 0.05) is 18.5 Å². The second kappa shape index (κ2) is 6.36. The molecule has 1 fully saturated rings. The van der Waals surface area contributed by atoms with E-state index >= 15 is 0 Å². The maximum atomic E-state index is 13.1. The summed E-state index contributed by atoms with van der Waals surface area (Å²) in [5.41, 5.74) is 1.06. The molecule has 1 atom stereocenters. The molecule has 1 nitrogen and oxygen atoms in total. The number of likely N-dealkylation sites (tertiary alicyclic amines) is 1. The first kappa shape index (κ1) is 12.8. The number of piperidine rings is 1. The summed E-state index contributed by atoms with van der Waals surface area (Å²) in [6.45, 7) is 1.96. The molecule has 1 saturated heterocycles. The Hall–Kier alpha value is -0.600. The first-order valence-corrected chi connectivity index (χ1v) is 6.87. The fraction of sp³-hybridized carbons (Fsp3) is 0.571. The van der Waals surface area contributed by atoms with Crippen molar-refractivity contribution in [2.45, 2.75) is 38.3 Å². The van der Waals surface area contributed by atoms with Gasteiger partial charge in [0.25, 0.3) is 0 Å². The predicted molar refractivity (Wildman–Crippen MR) is 69.8 cm³/mol. The monoisotopic (exact) mass is 255 g/mol. The van der Waals surface area contributed by atoms with E-state index in [1.54, 1.807) is 12.1 Å². The van der Waals surface area contributed by atoms with Crippen LogP contribution < -0.4 is 0 Å². The third kappa shape index (κ3) is 3.68. The predicted octanol–water partition coefficient (Wildman–Crippen LogP) is 3.81. The van der Waals surface area contributed by atoms with Crippen molar-refractivity contribution < 1.29 is 4.39 Å². The van der Waals surface area contributed by atoms with Crippen LogP contribution in [0.3, 0.4) is 0 Å². The standard InChI is InChI=1S/C14H19ClFN/c15-8-7-14-6-1-2-9-17(14)11-12-4-3-5-13(16)10-12/h3-5,10,14H,1-2,6-9,11H2. The molecule has 1 heterocycles. The quantitative estimate of drug-likeness (QED) is 0.740. The van der Waals surface area contributed by atoms with Crippen LogP contribution in [0.2, 0.25) is 0 Å². The SMILES string of the molecule is Fc1cccc(CN2CCCCC2CCCl)c1. The molecule has 0 N–H and O–H groups in total. The number of hydrogen-bond acceptors (Lipinski definition) is 1. The van der Waals surface area contributed by atoms with Crippen LogP contribution in [0.4, 0.5) is 4.39 Å². The van der Waals surface area contributed by atoms with Gasteiger partial charge in [-0.25, -0.2) is 4.39 Å². The van der Waals surface area contributed by atoms with Crippen LogP contribution in [0.1, 0.15) is 31.2 Å². The average Bonchev–Trinajstić information content (AvgIpc) is 2.32. The molecule has 0 amide bonds. The van der Waals surface area contributed by atoms with E-state index in [1.807, 2.05) is 6.07 Å². The molecule has 3 heteroatoms. The van der Waals surface area contributed by atoms with Gasteiger partial charge in [-0.3, -0.25) is 4.90 Å². The number of benzene rings is 1. The second-order valence-electron chi connectivity index (χ2n) is 4.73. The molecule has 1 aliphatic rings. The molecule has 0 bridgehead atoms. The Morgan fingerprint density at radius 1 is 1.35 bits per heavy atom. The molecule has 0 saturated carbocycles. The third-order valence-corrected chi connectivity index (χ3v) is 3.68. The van der Waals surface area contributed by atoms with E-state index in [2.05, 4.69) is 4.90 Å². The van der Waals surface area contributed by atoms with Crippen LogP contribution >= 0.6 is 11.6 Å². The summed E-state index contributed by atoms with van der Waals surface area (Å²) < 4.78 is 13.1. The smallest absolute Gasteiger partial charge is 0.123 e. The van der Waals surface area contributed by atoms with Crippen LogP contribution in [0.15, 0.2) is 24.3 Å². The average molecular weight is 256 g/mol. The van der Waals surface area contributed by atoms with E-state index in [0.717, 1.165) is 25.1 Å². The fourth-order valence-corrected chi connectivity index (χ4v) is 2.84. The minimum atomic E-state index is -0.145. The second-order valence-corrected chi connectivity index (χ2v) is 5.11. The molecule has 1 aromatic rings. The largest absolute Gasteiger partial charge is 0.296 e. The fourth-order valence-electron chi connectivity index (χ4n) is 2.59. The van der Waals surface area contributed by atoms with Crippen molar-refractivity contribution >= 4 is 11.6 Å². The molecule has 1 aromatic carbocycles. The number of rotatable bonds is 4. The Morgan fingerprint density at radius 3 is 3.00 bits per heavy atom. The molecule has 0 aliphatic carbocycles. The van der Waals surface area contributed by atoms with Crippen molar-refractivity contribution in [3.63, 3.8) is 0 Å². The van der Waals surface area contributed by atoms with E-state index in [9.17, 15) is 4.39 Å². The van der Waals surface area contributed by atoms with Crippen molar-refractivity contribution in [3.8, 4) is 0 Å². The van der Waals surface area contributed by atoms with Gasteiger partial charge in [-0.2, -0.15) is 0 Å². The first-order chi connectivity index (χ1) is 8.29. The van der Waals surface area contributed by atoms with Gasteiger partial charge in [0.15, 0.2) is 0 Å². The van der Waals surface area contributed by atoms with Crippen LogP contribution in [0, 0.1) is 5.82 Å². The highest BCUT2D eigenvalue weighted by atomic mass is 35.5. The van der Waals surface area contributed by atoms with E-state index in [-0.39, 0.29) is 5.82 Å². The molecule has 17 heavy (non-hydrogen) atoms. The number of nitrogens with zero attached hydrogens (tertiary/aromatic N) is 1. The highest BCUT2D eigenvalue weighted by Crippen LogP contribution is 2.22. The first-order valence-electron chi connectivity index (χ1n) is 6.34. The summed E-state index contributed by atoms with van der Waals surface area (Å²) in [5.74, 6) is 0.568. The Labute approximate surface area is 108 Å². The maximum Gasteiger partial charge on any atom is 0.123 e. The van der Waals surface area contributed by atoms with Crippen LogP contribution in [-0.4, -0.2) is 23.4 Å². The Morgan fingerprint density at radius 2 is 2.24 bits per heavy atom. The minimum absolute atomic E-state index is 0.145. The van der Waals surface area contributed by atoms with Crippen LogP contribution in [0.5, 0.6) is 0 Å². The van der Waals surface area contributed by atoms with Crippen LogP contribution in [0.25, 0.3) is 0 Å². The number of hydrogen-bond donors (Lipinski definition) is 0. The highest BCUT2D eigenvalue weighted by molar-refractivity contribution is 6.17. The zero-order valence-corrected chi connectivity index (χ0v) is 10.8. The maximum absolute atomic E-state index is 13.1.